The summed E-state index contributed by atoms with van der Waals surface area (Å²) < 4.78 is 15.0. The molecule has 22 heavy (non-hydrogen) atoms. The van der Waals surface area contributed by atoms with Crippen LogP contribution < -0.4 is 0 Å². The number of carbonyl (C=O) groups is 2. The van der Waals surface area contributed by atoms with E-state index in [4.69, 9.17) is 9.47 Å². The molecule has 0 heterocycles. The molecule has 0 bridgehead atoms. The second-order valence-electron chi connectivity index (χ2n) is 6.74. The number of carbonyl (C=O) groups excluding carboxylic acids is 2. The van der Waals surface area contributed by atoms with Gasteiger partial charge in [-0.25, -0.2) is 9.59 Å². The molecule has 5 heteroatoms. The van der Waals surface area contributed by atoms with E-state index in [9.17, 15) is 9.59 Å². The van der Waals surface area contributed by atoms with Crippen LogP contribution in [0.5, 0.6) is 0 Å². The first-order chi connectivity index (χ1) is 10.2. The Morgan fingerprint density at radius 1 is 1.14 bits per heavy atom. The van der Waals surface area contributed by atoms with E-state index in [2.05, 4.69) is 4.74 Å². The first kappa shape index (κ1) is 18.5. The molecule has 1 atom stereocenters. The highest BCUT2D eigenvalue weighted by Crippen LogP contribution is 2.27. The molecule has 0 aromatic heterocycles. The Kier molecular flexibility index (Phi) is 6.91. The van der Waals surface area contributed by atoms with Crippen molar-refractivity contribution in [1.82, 2.24) is 0 Å². The average molecular weight is 312 g/mol. The van der Waals surface area contributed by atoms with Gasteiger partial charge in [0.1, 0.15) is 11.7 Å². The molecule has 0 unspecified atom stereocenters. The highest BCUT2D eigenvalue weighted by molar-refractivity contribution is 5.90. The van der Waals surface area contributed by atoms with Gasteiger partial charge in [-0.1, -0.05) is 25.3 Å². The fourth-order valence-electron chi connectivity index (χ4n) is 2.52. The monoisotopic (exact) mass is 312 g/mol. The topological polar surface area (TPSA) is 61.8 Å². The molecule has 0 amide bonds. The number of ether oxygens (including phenoxy) is 3. The third kappa shape index (κ3) is 6.50. The zero-order valence-corrected chi connectivity index (χ0v) is 14.3. The number of hydrogen-bond donors (Lipinski definition) is 0. The average Bonchev–Trinajstić information content (AvgIpc) is 2.43. The minimum Gasteiger partial charge on any atom is -0.457 e. The van der Waals surface area contributed by atoms with Gasteiger partial charge in [0.05, 0.1) is 12.7 Å². The van der Waals surface area contributed by atoms with Gasteiger partial charge in [0, 0.05) is 0 Å². The molecular formula is C17H28O5. The van der Waals surface area contributed by atoms with E-state index in [1.165, 1.54) is 13.5 Å². The summed E-state index contributed by atoms with van der Waals surface area (Å²) in [6.45, 7) is 7.11. The van der Waals surface area contributed by atoms with Gasteiger partial charge >= 0.3 is 12.1 Å². The molecule has 0 saturated heterocycles. The minimum atomic E-state index is -0.800. The van der Waals surface area contributed by atoms with Gasteiger partial charge in [0.2, 0.25) is 0 Å². The van der Waals surface area contributed by atoms with Crippen molar-refractivity contribution < 1.29 is 23.8 Å². The van der Waals surface area contributed by atoms with Crippen LogP contribution in [-0.2, 0) is 19.0 Å². The first-order valence-corrected chi connectivity index (χ1v) is 7.92. The summed E-state index contributed by atoms with van der Waals surface area (Å²) >= 11 is 0. The summed E-state index contributed by atoms with van der Waals surface area (Å²) in [5.41, 5.74) is -0.194. The molecule has 0 aliphatic heterocycles. The number of methoxy groups -OCH3 is 1. The third-order valence-electron chi connectivity index (χ3n) is 3.58. The normalized spacial score (nSPS) is 18.5. The fraction of sp³-hybridized carbons (Fsp3) is 0.765. The van der Waals surface area contributed by atoms with Crippen LogP contribution in [0.15, 0.2) is 11.6 Å². The molecule has 0 aromatic carbocycles. The van der Waals surface area contributed by atoms with Crippen LogP contribution in [-0.4, -0.2) is 30.9 Å². The molecular weight excluding hydrogens is 284 g/mol. The smallest absolute Gasteiger partial charge is 0.457 e. The fourth-order valence-corrected chi connectivity index (χ4v) is 2.52. The van der Waals surface area contributed by atoms with E-state index in [0.29, 0.717) is 11.5 Å². The molecule has 0 N–H and O–H groups in total. The van der Waals surface area contributed by atoms with Crippen molar-refractivity contribution in [3.05, 3.63) is 11.6 Å². The quantitative estimate of drug-likeness (QED) is 0.580. The molecule has 1 aliphatic carbocycles. The van der Waals surface area contributed by atoms with Crippen LogP contribution >= 0.6 is 0 Å². The van der Waals surface area contributed by atoms with Crippen LogP contribution in [0.1, 0.15) is 59.8 Å². The van der Waals surface area contributed by atoms with Crippen molar-refractivity contribution in [2.24, 2.45) is 5.92 Å². The summed E-state index contributed by atoms with van der Waals surface area (Å²) in [5, 5.41) is 0. The summed E-state index contributed by atoms with van der Waals surface area (Å²) in [7, 11) is 1.24. The second-order valence-corrected chi connectivity index (χ2v) is 6.74. The third-order valence-corrected chi connectivity index (χ3v) is 3.58. The van der Waals surface area contributed by atoms with E-state index in [-0.39, 0.29) is 0 Å². The van der Waals surface area contributed by atoms with E-state index in [1.807, 2.05) is 26.8 Å². The first-order valence-electron chi connectivity index (χ1n) is 7.92. The maximum absolute atomic E-state index is 12.4. The highest BCUT2D eigenvalue weighted by atomic mass is 16.7. The largest absolute Gasteiger partial charge is 0.508 e. The van der Waals surface area contributed by atoms with Crippen molar-refractivity contribution in [2.45, 2.75) is 71.5 Å². The lowest BCUT2D eigenvalue weighted by Crippen LogP contribution is -2.30. The molecule has 1 rings (SSSR count). The summed E-state index contributed by atoms with van der Waals surface area (Å²) in [4.78, 5) is 23.7. The van der Waals surface area contributed by atoms with E-state index < -0.39 is 23.8 Å². The van der Waals surface area contributed by atoms with Crippen LogP contribution in [0.4, 0.5) is 4.79 Å². The molecule has 1 saturated carbocycles. The predicted molar refractivity (Wildman–Crippen MR) is 83.5 cm³/mol. The minimum absolute atomic E-state index is 0.333. The predicted octanol–water partition coefficient (Wildman–Crippen LogP) is 4.01. The Hall–Kier alpha value is -1.52. The van der Waals surface area contributed by atoms with Gasteiger partial charge in [-0.2, -0.15) is 0 Å². The van der Waals surface area contributed by atoms with Crippen molar-refractivity contribution in [3.63, 3.8) is 0 Å². The maximum Gasteiger partial charge on any atom is 0.508 e. The van der Waals surface area contributed by atoms with Crippen LogP contribution in [0.3, 0.4) is 0 Å². The Morgan fingerprint density at radius 3 is 2.23 bits per heavy atom. The van der Waals surface area contributed by atoms with Crippen LogP contribution in [0, 0.1) is 5.92 Å². The Bertz CT molecular complexity index is 413. The molecule has 0 radical (unpaired) electrons. The van der Waals surface area contributed by atoms with Gasteiger partial charge in [-0.15, -0.1) is 0 Å². The van der Waals surface area contributed by atoms with Crippen LogP contribution in [0.25, 0.3) is 0 Å². The molecule has 0 spiro atoms. The van der Waals surface area contributed by atoms with Gasteiger partial charge in [-0.05, 0) is 46.5 Å². The lowest BCUT2D eigenvalue weighted by molar-refractivity contribution is -0.151. The molecule has 0 aromatic rings. The molecule has 1 fully saturated rings. The number of hydrogen-bond acceptors (Lipinski definition) is 5. The van der Waals surface area contributed by atoms with Crippen molar-refractivity contribution in [1.29, 1.82) is 0 Å². The van der Waals surface area contributed by atoms with Gasteiger partial charge in [0.25, 0.3) is 0 Å². The molecule has 5 nitrogen and oxygen atoms in total. The van der Waals surface area contributed by atoms with Gasteiger partial charge in [0.15, 0.2) is 0 Å². The van der Waals surface area contributed by atoms with Crippen LogP contribution in [0.2, 0.25) is 0 Å². The number of allylic oxidation sites excluding steroid dienone is 1. The molecule has 126 valence electrons. The second kappa shape index (κ2) is 8.20. The Balaban J connectivity index is 2.90. The van der Waals surface area contributed by atoms with E-state index in [0.717, 1.165) is 25.7 Å². The Morgan fingerprint density at radius 2 is 1.73 bits per heavy atom. The van der Waals surface area contributed by atoms with Gasteiger partial charge < -0.3 is 14.2 Å². The summed E-state index contributed by atoms with van der Waals surface area (Å²) in [5.74, 6) is -0.102. The van der Waals surface area contributed by atoms with Crippen molar-refractivity contribution in [3.8, 4) is 0 Å². The zero-order chi connectivity index (χ0) is 16.8. The number of rotatable bonds is 4. The zero-order valence-electron chi connectivity index (χ0n) is 14.3. The van der Waals surface area contributed by atoms with Crippen molar-refractivity contribution in [2.75, 3.05) is 7.11 Å². The Labute approximate surface area is 133 Å². The van der Waals surface area contributed by atoms with E-state index in [1.54, 1.807) is 6.92 Å². The summed E-state index contributed by atoms with van der Waals surface area (Å²) in [6, 6.07) is 0. The standard InChI is InChI=1S/C17H28O5/c1-12(21-16(19)20-5)14(15(18)22-17(2,3)4)11-13-9-7-6-8-10-13/h11-13H,6-10H2,1-5H3/b14-11-/t12-/m0/s1. The lowest BCUT2D eigenvalue weighted by atomic mass is 9.87. The highest BCUT2D eigenvalue weighted by Gasteiger charge is 2.27. The molecule has 1 aliphatic rings. The van der Waals surface area contributed by atoms with E-state index >= 15 is 0 Å². The SMILES string of the molecule is COC(=O)O[C@@H](C)/C(=C/C1CCCCC1)C(=O)OC(C)(C)C. The van der Waals surface area contributed by atoms with Gasteiger partial charge in [-0.3, -0.25) is 0 Å². The number of esters is 1. The lowest BCUT2D eigenvalue weighted by Gasteiger charge is -2.25. The maximum atomic E-state index is 12.4. The van der Waals surface area contributed by atoms with Crippen molar-refractivity contribution >= 4 is 12.1 Å². The summed E-state index contributed by atoms with van der Waals surface area (Å²) in [6.07, 6.45) is 6.09.